The Labute approximate surface area is 130 Å². The van der Waals surface area contributed by atoms with Crippen molar-refractivity contribution in [1.82, 2.24) is 9.80 Å². The van der Waals surface area contributed by atoms with Crippen molar-refractivity contribution >= 4 is 11.8 Å². The fourth-order valence-corrected chi connectivity index (χ4v) is 2.71. The molecule has 0 spiro atoms. The van der Waals surface area contributed by atoms with Crippen LogP contribution in [0.4, 0.5) is 0 Å². The van der Waals surface area contributed by atoms with Gasteiger partial charge in [-0.1, -0.05) is 12.1 Å². The molecule has 1 aromatic carbocycles. The molecule has 0 bridgehead atoms. The maximum atomic E-state index is 12.2. The average Bonchev–Trinajstić information content (AvgIpc) is 3.37. The van der Waals surface area contributed by atoms with E-state index in [1.807, 2.05) is 36.1 Å². The molecule has 2 amide bonds. The highest BCUT2D eigenvalue weighted by molar-refractivity contribution is 5.82. The van der Waals surface area contributed by atoms with Gasteiger partial charge in [0.15, 0.2) is 6.61 Å². The van der Waals surface area contributed by atoms with Crippen LogP contribution in [0.5, 0.6) is 5.75 Å². The zero-order valence-corrected chi connectivity index (χ0v) is 13.0. The normalized spacial score (nSPS) is 18.2. The molecule has 1 aromatic rings. The van der Waals surface area contributed by atoms with Crippen LogP contribution in [-0.4, -0.2) is 54.4 Å². The number of nitrogens with zero attached hydrogens (tertiary/aromatic N) is 2. The Balaban J connectivity index is 1.44. The Morgan fingerprint density at radius 3 is 2.45 bits per heavy atom. The van der Waals surface area contributed by atoms with Crippen molar-refractivity contribution in [3.05, 3.63) is 29.8 Å². The van der Waals surface area contributed by atoms with E-state index < -0.39 is 0 Å². The highest BCUT2D eigenvalue weighted by atomic mass is 16.5. The number of aryl methyl sites for hydroxylation is 1. The van der Waals surface area contributed by atoms with Gasteiger partial charge in [0.25, 0.3) is 5.91 Å². The van der Waals surface area contributed by atoms with E-state index >= 15 is 0 Å². The monoisotopic (exact) mass is 302 g/mol. The first kappa shape index (κ1) is 14.9. The van der Waals surface area contributed by atoms with E-state index in [9.17, 15) is 9.59 Å². The lowest BCUT2D eigenvalue weighted by Gasteiger charge is -2.34. The lowest BCUT2D eigenvalue weighted by Crippen LogP contribution is -2.52. The van der Waals surface area contributed by atoms with Gasteiger partial charge in [-0.25, -0.2) is 0 Å². The van der Waals surface area contributed by atoms with Crippen LogP contribution in [-0.2, 0) is 9.59 Å². The molecule has 2 aliphatic rings. The van der Waals surface area contributed by atoms with Gasteiger partial charge in [-0.3, -0.25) is 9.59 Å². The predicted octanol–water partition coefficient (Wildman–Crippen LogP) is 1.45. The molecule has 0 radical (unpaired) electrons. The van der Waals surface area contributed by atoms with Gasteiger partial charge in [-0.05, 0) is 37.5 Å². The molecular weight excluding hydrogens is 280 g/mol. The molecule has 0 aromatic heterocycles. The van der Waals surface area contributed by atoms with Crippen molar-refractivity contribution in [3.8, 4) is 5.75 Å². The van der Waals surface area contributed by atoms with E-state index in [1.165, 1.54) is 0 Å². The first-order chi connectivity index (χ1) is 10.6. The maximum Gasteiger partial charge on any atom is 0.260 e. The van der Waals surface area contributed by atoms with Crippen LogP contribution in [0, 0.1) is 12.8 Å². The average molecular weight is 302 g/mol. The first-order valence-corrected chi connectivity index (χ1v) is 7.89. The number of ether oxygens (including phenoxy) is 1. The zero-order valence-electron chi connectivity index (χ0n) is 13.0. The highest BCUT2D eigenvalue weighted by Gasteiger charge is 2.35. The molecule has 2 fully saturated rings. The number of rotatable bonds is 4. The number of benzene rings is 1. The summed E-state index contributed by atoms with van der Waals surface area (Å²) in [6, 6.07) is 7.67. The topological polar surface area (TPSA) is 49.9 Å². The van der Waals surface area contributed by atoms with Crippen LogP contribution in [0.2, 0.25) is 0 Å². The Hall–Kier alpha value is -2.04. The molecule has 1 saturated carbocycles. The quantitative estimate of drug-likeness (QED) is 0.846. The minimum atomic E-state index is -0.0139. The lowest BCUT2D eigenvalue weighted by atomic mass is 10.2. The zero-order chi connectivity index (χ0) is 15.5. The number of amides is 2. The van der Waals surface area contributed by atoms with Crippen molar-refractivity contribution in [1.29, 1.82) is 0 Å². The van der Waals surface area contributed by atoms with E-state index in [2.05, 4.69) is 0 Å². The Kier molecular flexibility index (Phi) is 4.32. The van der Waals surface area contributed by atoms with Crippen molar-refractivity contribution in [3.63, 3.8) is 0 Å². The predicted molar refractivity (Wildman–Crippen MR) is 82.6 cm³/mol. The summed E-state index contributed by atoms with van der Waals surface area (Å²) < 4.78 is 5.55. The number of carbonyl (C=O) groups is 2. The molecule has 0 atom stereocenters. The third-order valence-electron chi connectivity index (χ3n) is 4.22. The molecule has 3 rings (SSSR count). The minimum Gasteiger partial charge on any atom is -0.484 e. The van der Waals surface area contributed by atoms with Crippen molar-refractivity contribution in [2.75, 3.05) is 32.8 Å². The lowest BCUT2D eigenvalue weighted by molar-refractivity contribution is -0.141. The Bertz CT molecular complexity index is 561. The van der Waals surface area contributed by atoms with Crippen LogP contribution in [0.25, 0.3) is 0 Å². The second kappa shape index (κ2) is 6.38. The second-order valence-electron chi connectivity index (χ2n) is 6.09. The van der Waals surface area contributed by atoms with Gasteiger partial charge >= 0.3 is 0 Å². The van der Waals surface area contributed by atoms with Gasteiger partial charge < -0.3 is 14.5 Å². The summed E-state index contributed by atoms with van der Waals surface area (Å²) in [5.41, 5.74) is 1.11. The molecule has 1 aliphatic heterocycles. The molecule has 1 saturated heterocycles. The van der Waals surface area contributed by atoms with Gasteiger partial charge in [0, 0.05) is 32.1 Å². The van der Waals surface area contributed by atoms with Crippen LogP contribution in [0.1, 0.15) is 18.4 Å². The van der Waals surface area contributed by atoms with E-state index in [-0.39, 0.29) is 24.3 Å². The molecule has 1 heterocycles. The summed E-state index contributed by atoms with van der Waals surface area (Å²) in [7, 11) is 0. The number of piperazine rings is 1. The van der Waals surface area contributed by atoms with E-state index in [1.54, 1.807) is 4.90 Å². The van der Waals surface area contributed by atoms with Crippen LogP contribution >= 0.6 is 0 Å². The summed E-state index contributed by atoms with van der Waals surface area (Å²) in [5.74, 6) is 1.23. The second-order valence-corrected chi connectivity index (χ2v) is 6.09. The fraction of sp³-hybridized carbons (Fsp3) is 0.529. The summed E-state index contributed by atoms with van der Waals surface area (Å²) >= 11 is 0. The van der Waals surface area contributed by atoms with Gasteiger partial charge in [0.1, 0.15) is 5.75 Å². The fourth-order valence-electron chi connectivity index (χ4n) is 2.71. The first-order valence-electron chi connectivity index (χ1n) is 7.89. The largest absolute Gasteiger partial charge is 0.484 e. The van der Waals surface area contributed by atoms with Gasteiger partial charge in [0.2, 0.25) is 5.91 Å². The van der Waals surface area contributed by atoms with Gasteiger partial charge in [0.05, 0.1) is 0 Å². The minimum absolute atomic E-state index is 0.0139. The Morgan fingerprint density at radius 2 is 1.82 bits per heavy atom. The summed E-state index contributed by atoms with van der Waals surface area (Å²) in [5, 5.41) is 0. The maximum absolute atomic E-state index is 12.2. The summed E-state index contributed by atoms with van der Waals surface area (Å²) in [4.78, 5) is 27.8. The van der Waals surface area contributed by atoms with Crippen LogP contribution < -0.4 is 4.74 Å². The Morgan fingerprint density at radius 1 is 1.14 bits per heavy atom. The van der Waals surface area contributed by atoms with E-state index in [4.69, 9.17) is 4.74 Å². The number of hydrogen-bond acceptors (Lipinski definition) is 3. The summed E-state index contributed by atoms with van der Waals surface area (Å²) in [6.45, 7) is 4.55. The third-order valence-corrected chi connectivity index (χ3v) is 4.22. The molecule has 5 nitrogen and oxygen atoms in total. The molecular formula is C17H22N2O3. The van der Waals surface area contributed by atoms with Crippen molar-refractivity contribution in [2.24, 2.45) is 5.92 Å². The van der Waals surface area contributed by atoms with Gasteiger partial charge in [-0.15, -0.1) is 0 Å². The number of hydrogen-bond donors (Lipinski definition) is 0. The van der Waals surface area contributed by atoms with E-state index in [0.717, 1.165) is 24.2 Å². The van der Waals surface area contributed by atoms with Crippen LogP contribution in [0.15, 0.2) is 24.3 Å². The highest BCUT2D eigenvalue weighted by Crippen LogP contribution is 2.31. The molecule has 22 heavy (non-hydrogen) atoms. The standard InChI is InChI=1S/C17H22N2O3/c1-13-3-2-4-15(11-13)22-12-16(20)18-7-9-19(10-8-18)17(21)14-5-6-14/h2-4,11,14H,5-10,12H2,1H3. The molecule has 0 N–H and O–H groups in total. The van der Waals surface area contributed by atoms with Crippen molar-refractivity contribution < 1.29 is 14.3 Å². The van der Waals surface area contributed by atoms with Crippen molar-refractivity contribution in [2.45, 2.75) is 19.8 Å². The van der Waals surface area contributed by atoms with E-state index in [0.29, 0.717) is 26.2 Å². The molecule has 118 valence electrons. The van der Waals surface area contributed by atoms with Gasteiger partial charge in [-0.2, -0.15) is 0 Å². The molecule has 5 heteroatoms. The number of carbonyl (C=O) groups excluding carboxylic acids is 2. The smallest absolute Gasteiger partial charge is 0.260 e. The SMILES string of the molecule is Cc1cccc(OCC(=O)N2CCN(C(=O)C3CC3)CC2)c1. The molecule has 0 unspecified atom stereocenters. The van der Waals surface area contributed by atoms with Crippen LogP contribution in [0.3, 0.4) is 0 Å². The molecule has 1 aliphatic carbocycles. The summed E-state index contributed by atoms with van der Waals surface area (Å²) in [6.07, 6.45) is 2.06. The third kappa shape index (κ3) is 3.59.